The summed E-state index contributed by atoms with van der Waals surface area (Å²) in [6.07, 6.45) is -0.464. The maximum Gasteiger partial charge on any atom is 0.416 e. The third kappa shape index (κ3) is 5.29. The molecule has 0 fully saturated rings. The van der Waals surface area contributed by atoms with E-state index in [1.54, 1.807) is 12.1 Å². The fourth-order valence-corrected chi connectivity index (χ4v) is 3.85. The van der Waals surface area contributed by atoms with Crippen LogP contribution in [-0.4, -0.2) is 12.1 Å². The normalized spacial score (nSPS) is 12.4. The number of Topliss-reactive ketones (excluding diaryl/α,β-unsaturated/α-hetero) is 1. The summed E-state index contributed by atoms with van der Waals surface area (Å²) in [7, 11) is 0. The van der Waals surface area contributed by atoms with Crippen molar-refractivity contribution in [3.05, 3.63) is 69.9 Å². The molecule has 1 unspecified atom stereocenters. The molecule has 2 aromatic rings. The van der Waals surface area contributed by atoms with Crippen molar-refractivity contribution in [2.24, 2.45) is 5.92 Å². The molecule has 28 heavy (non-hydrogen) atoms. The molecule has 0 saturated heterocycles. The molecule has 6 heteroatoms. The number of benzene rings is 1. The van der Waals surface area contributed by atoms with Crippen molar-refractivity contribution in [3.63, 3.8) is 0 Å². The van der Waals surface area contributed by atoms with E-state index in [1.165, 1.54) is 23.5 Å². The van der Waals surface area contributed by atoms with Gasteiger partial charge in [0.05, 0.1) is 10.4 Å². The molecule has 0 N–H and O–H groups in total. The number of ketones is 1. The second-order valence-electron chi connectivity index (χ2n) is 6.58. The Hall–Kier alpha value is -2.47. The summed E-state index contributed by atoms with van der Waals surface area (Å²) in [6, 6.07) is 7.05. The first kappa shape index (κ1) is 21.8. The number of halogens is 3. The lowest BCUT2D eigenvalue weighted by molar-refractivity contribution is -0.137. The van der Waals surface area contributed by atoms with Crippen LogP contribution in [0.4, 0.5) is 13.2 Å². The maximum absolute atomic E-state index is 12.8. The first-order valence-corrected chi connectivity index (χ1v) is 9.60. The van der Waals surface area contributed by atoms with Crippen molar-refractivity contribution in [2.75, 3.05) is 0 Å². The fraction of sp³-hybridized carbons (Fsp3) is 0.273. The average Bonchev–Trinajstić information content (AvgIpc) is 3.16. The van der Waals surface area contributed by atoms with E-state index in [0.29, 0.717) is 46.4 Å². The summed E-state index contributed by atoms with van der Waals surface area (Å²) in [6.45, 7) is 9.06. The van der Waals surface area contributed by atoms with E-state index in [4.69, 9.17) is 0 Å². The summed E-state index contributed by atoms with van der Waals surface area (Å²) in [5.41, 5.74) is 0.892. The quantitative estimate of drug-likeness (QED) is 0.272. The first-order chi connectivity index (χ1) is 13.2. The van der Waals surface area contributed by atoms with Gasteiger partial charge >= 0.3 is 6.18 Å². The van der Waals surface area contributed by atoms with Crippen molar-refractivity contribution in [2.45, 2.75) is 32.4 Å². The van der Waals surface area contributed by atoms with Gasteiger partial charge in [0, 0.05) is 16.4 Å². The lowest BCUT2D eigenvalue weighted by Gasteiger charge is -2.13. The molecule has 0 aliphatic rings. The van der Waals surface area contributed by atoms with E-state index in [-0.39, 0.29) is 11.7 Å². The molecule has 148 valence electrons. The van der Waals surface area contributed by atoms with E-state index >= 15 is 0 Å². The number of aldehydes is 1. The fourth-order valence-electron chi connectivity index (χ4n) is 2.86. The molecule has 0 aliphatic carbocycles. The molecule has 0 bridgehead atoms. The molecule has 1 aromatic carbocycles. The first-order valence-electron chi connectivity index (χ1n) is 8.78. The highest BCUT2D eigenvalue weighted by Gasteiger charge is 2.30. The Kier molecular flexibility index (Phi) is 7.13. The lowest BCUT2D eigenvalue weighted by Crippen LogP contribution is -2.10. The molecule has 0 radical (unpaired) electrons. The molecule has 0 amide bonds. The second-order valence-corrected chi connectivity index (χ2v) is 7.66. The predicted octanol–water partition coefficient (Wildman–Crippen LogP) is 6.46. The van der Waals surface area contributed by atoms with Crippen molar-refractivity contribution in [3.8, 4) is 0 Å². The predicted molar refractivity (Wildman–Crippen MR) is 107 cm³/mol. The van der Waals surface area contributed by atoms with Crippen LogP contribution in [0.5, 0.6) is 0 Å². The third-order valence-electron chi connectivity index (χ3n) is 4.53. The second kappa shape index (κ2) is 9.15. The summed E-state index contributed by atoms with van der Waals surface area (Å²) < 4.78 is 38.5. The molecular formula is C22H21F3O2S. The van der Waals surface area contributed by atoms with Crippen LogP contribution in [0.25, 0.3) is 11.6 Å². The van der Waals surface area contributed by atoms with Crippen LogP contribution in [0.2, 0.25) is 0 Å². The molecule has 2 rings (SSSR count). The minimum atomic E-state index is -4.38. The highest BCUT2D eigenvalue weighted by atomic mass is 32.1. The van der Waals surface area contributed by atoms with Crippen LogP contribution in [-0.2, 0) is 17.4 Å². The Morgan fingerprint density at radius 2 is 1.89 bits per heavy atom. The van der Waals surface area contributed by atoms with Gasteiger partial charge in [-0.25, -0.2) is 0 Å². The van der Waals surface area contributed by atoms with Gasteiger partial charge in [0.1, 0.15) is 0 Å². The van der Waals surface area contributed by atoms with Gasteiger partial charge in [-0.1, -0.05) is 32.2 Å². The molecular weight excluding hydrogens is 385 g/mol. The van der Waals surface area contributed by atoms with E-state index in [1.807, 2.05) is 6.92 Å². The number of thiophene rings is 1. The Morgan fingerprint density at radius 1 is 1.21 bits per heavy atom. The zero-order valence-electron chi connectivity index (χ0n) is 15.5. The van der Waals surface area contributed by atoms with Crippen molar-refractivity contribution in [1.82, 2.24) is 0 Å². The smallest absolute Gasteiger partial charge is 0.298 e. The standard InChI is InChI=1S/C22H21F3O2S/c1-4-16-12-18(22(23,24)25)9-8-17(16)7-5-6-14(2)21(27)20-11-10-19(28-20)15(3)13-26/h4,8-14H,1,3,5-7H2,2H3. The van der Waals surface area contributed by atoms with Crippen LogP contribution in [0.15, 0.2) is 43.5 Å². The molecule has 2 nitrogen and oxygen atoms in total. The Balaban J connectivity index is 1.98. The maximum atomic E-state index is 12.8. The Morgan fingerprint density at radius 3 is 2.50 bits per heavy atom. The SMILES string of the molecule is C=Cc1cc(C(F)(F)F)ccc1CCCC(C)C(=O)c1ccc(C(=C)C=O)s1. The van der Waals surface area contributed by atoms with E-state index in [0.717, 1.165) is 17.7 Å². The molecule has 0 saturated carbocycles. The van der Waals surface area contributed by atoms with E-state index in [2.05, 4.69) is 13.2 Å². The monoisotopic (exact) mass is 406 g/mol. The molecule has 1 atom stereocenters. The van der Waals surface area contributed by atoms with Gasteiger partial charge in [-0.15, -0.1) is 11.3 Å². The molecule has 0 aliphatic heterocycles. The minimum Gasteiger partial charge on any atom is -0.298 e. The molecule has 0 spiro atoms. The van der Waals surface area contributed by atoms with Crippen LogP contribution in [0.3, 0.4) is 0 Å². The van der Waals surface area contributed by atoms with Crippen LogP contribution >= 0.6 is 11.3 Å². The third-order valence-corrected chi connectivity index (χ3v) is 5.71. The summed E-state index contributed by atoms with van der Waals surface area (Å²) in [5.74, 6) is -0.232. The Labute approximate surface area is 166 Å². The topological polar surface area (TPSA) is 34.1 Å². The van der Waals surface area contributed by atoms with Gasteiger partial charge in [-0.2, -0.15) is 13.2 Å². The number of carbonyl (C=O) groups is 2. The summed E-state index contributed by atoms with van der Waals surface area (Å²) in [5, 5.41) is 0. The summed E-state index contributed by atoms with van der Waals surface area (Å²) >= 11 is 1.24. The van der Waals surface area contributed by atoms with Gasteiger partial charge in [-0.3, -0.25) is 9.59 Å². The highest BCUT2D eigenvalue weighted by molar-refractivity contribution is 7.15. The number of aryl methyl sites for hydroxylation is 1. The lowest BCUT2D eigenvalue weighted by atomic mass is 9.94. The van der Waals surface area contributed by atoms with E-state index in [9.17, 15) is 22.8 Å². The van der Waals surface area contributed by atoms with Gasteiger partial charge in [0.25, 0.3) is 0 Å². The highest BCUT2D eigenvalue weighted by Crippen LogP contribution is 2.31. The zero-order chi connectivity index (χ0) is 20.9. The summed E-state index contributed by atoms with van der Waals surface area (Å²) in [4.78, 5) is 24.6. The molecule has 1 aromatic heterocycles. The van der Waals surface area contributed by atoms with Crippen LogP contribution < -0.4 is 0 Å². The van der Waals surface area contributed by atoms with Crippen LogP contribution in [0.1, 0.15) is 51.0 Å². The zero-order valence-corrected chi connectivity index (χ0v) is 16.3. The van der Waals surface area contributed by atoms with Crippen molar-refractivity contribution >= 4 is 35.1 Å². The number of rotatable bonds is 9. The average molecular weight is 406 g/mol. The number of allylic oxidation sites excluding steroid dienone is 1. The number of hydrogen-bond donors (Lipinski definition) is 0. The number of carbonyl (C=O) groups excluding carboxylic acids is 2. The van der Waals surface area contributed by atoms with Crippen molar-refractivity contribution in [1.29, 1.82) is 0 Å². The minimum absolute atomic E-state index is 0.00804. The van der Waals surface area contributed by atoms with Gasteiger partial charge in [0.2, 0.25) is 0 Å². The van der Waals surface area contributed by atoms with Gasteiger partial charge in [0.15, 0.2) is 12.1 Å². The largest absolute Gasteiger partial charge is 0.416 e. The van der Waals surface area contributed by atoms with Crippen LogP contribution in [0, 0.1) is 5.92 Å². The van der Waals surface area contributed by atoms with E-state index < -0.39 is 11.7 Å². The number of hydrogen-bond acceptors (Lipinski definition) is 3. The number of alkyl halides is 3. The van der Waals surface area contributed by atoms with Crippen molar-refractivity contribution < 1.29 is 22.8 Å². The van der Waals surface area contributed by atoms with Gasteiger partial charge < -0.3 is 0 Å². The Bertz CT molecular complexity index is 893. The van der Waals surface area contributed by atoms with Gasteiger partial charge in [-0.05, 0) is 54.7 Å². The molecule has 1 heterocycles.